The molecule has 1 saturated heterocycles. The van der Waals surface area contributed by atoms with E-state index in [1.165, 1.54) is 11.1 Å². The molecule has 2 rings (SSSR count). The highest BCUT2D eigenvalue weighted by molar-refractivity contribution is 5.37. The number of piperazine rings is 1. The van der Waals surface area contributed by atoms with Crippen LogP contribution in [0.15, 0.2) is 18.2 Å². The van der Waals surface area contributed by atoms with Gasteiger partial charge < -0.3 is 4.90 Å². The summed E-state index contributed by atoms with van der Waals surface area (Å²) < 4.78 is 0. The summed E-state index contributed by atoms with van der Waals surface area (Å²) in [5, 5.41) is 8.84. The maximum absolute atomic E-state index is 8.84. The normalized spacial score (nSPS) is 17.9. The molecule has 1 aromatic carbocycles. The predicted octanol–water partition coefficient (Wildman–Crippen LogP) is 1.61. The Morgan fingerprint density at radius 3 is 2.53 bits per heavy atom. The van der Waals surface area contributed by atoms with Crippen LogP contribution in [-0.2, 0) is 6.54 Å². The van der Waals surface area contributed by atoms with Crippen molar-refractivity contribution >= 4 is 0 Å². The highest BCUT2D eigenvalue weighted by Gasteiger charge is 2.14. The third-order valence-corrected chi connectivity index (χ3v) is 3.46. The Balaban J connectivity index is 2.02. The Hall–Kier alpha value is -1.37. The Morgan fingerprint density at radius 1 is 1.24 bits per heavy atom. The van der Waals surface area contributed by atoms with Crippen molar-refractivity contribution in [2.75, 3.05) is 33.2 Å². The number of rotatable bonds is 2. The minimum absolute atomic E-state index is 0.754. The van der Waals surface area contributed by atoms with Gasteiger partial charge in [0.15, 0.2) is 0 Å². The molecule has 0 aromatic heterocycles. The van der Waals surface area contributed by atoms with E-state index >= 15 is 0 Å². The van der Waals surface area contributed by atoms with Crippen molar-refractivity contribution in [1.82, 2.24) is 9.80 Å². The second-order valence-corrected chi connectivity index (χ2v) is 4.83. The highest BCUT2D eigenvalue weighted by Crippen LogP contribution is 2.14. The van der Waals surface area contributed by atoms with Crippen LogP contribution in [0.5, 0.6) is 0 Å². The van der Waals surface area contributed by atoms with Crippen LogP contribution in [0.3, 0.4) is 0 Å². The molecule has 0 atom stereocenters. The largest absolute Gasteiger partial charge is 0.304 e. The number of likely N-dealkylation sites (N-methyl/N-ethyl adjacent to an activating group) is 1. The van der Waals surface area contributed by atoms with Gasteiger partial charge in [0, 0.05) is 32.7 Å². The smallest absolute Gasteiger partial charge is 0.0991 e. The Morgan fingerprint density at radius 2 is 1.94 bits per heavy atom. The fourth-order valence-corrected chi connectivity index (χ4v) is 2.19. The van der Waals surface area contributed by atoms with E-state index in [1.807, 2.05) is 12.1 Å². The van der Waals surface area contributed by atoms with Gasteiger partial charge in [0.25, 0.3) is 0 Å². The van der Waals surface area contributed by atoms with Gasteiger partial charge in [0.05, 0.1) is 11.6 Å². The molecule has 1 aromatic rings. The van der Waals surface area contributed by atoms with Crippen molar-refractivity contribution < 1.29 is 0 Å². The standard InChI is InChI=1S/C14H19N3/c1-12-9-13(10-15)3-4-14(12)11-17-7-5-16(2)6-8-17/h3-4,9H,5-8,11H2,1-2H3. The fourth-order valence-electron chi connectivity index (χ4n) is 2.19. The zero-order chi connectivity index (χ0) is 12.3. The van der Waals surface area contributed by atoms with Crippen LogP contribution in [-0.4, -0.2) is 43.0 Å². The van der Waals surface area contributed by atoms with Crippen molar-refractivity contribution in [2.45, 2.75) is 13.5 Å². The van der Waals surface area contributed by atoms with Crippen LogP contribution in [0.4, 0.5) is 0 Å². The van der Waals surface area contributed by atoms with Crippen molar-refractivity contribution in [3.05, 3.63) is 34.9 Å². The van der Waals surface area contributed by atoms with Gasteiger partial charge in [-0.15, -0.1) is 0 Å². The van der Waals surface area contributed by atoms with Gasteiger partial charge in [-0.05, 0) is 37.2 Å². The molecule has 0 unspecified atom stereocenters. The molecule has 1 heterocycles. The minimum atomic E-state index is 0.754. The number of aryl methyl sites for hydroxylation is 1. The van der Waals surface area contributed by atoms with Crippen molar-refractivity contribution in [3.8, 4) is 6.07 Å². The number of hydrogen-bond acceptors (Lipinski definition) is 3. The summed E-state index contributed by atoms with van der Waals surface area (Å²) in [6.45, 7) is 7.66. The van der Waals surface area contributed by atoms with Crippen LogP contribution < -0.4 is 0 Å². The number of nitrogens with zero attached hydrogens (tertiary/aromatic N) is 3. The molecule has 0 N–H and O–H groups in total. The molecule has 0 bridgehead atoms. The van der Waals surface area contributed by atoms with Crippen molar-refractivity contribution in [3.63, 3.8) is 0 Å². The Kier molecular flexibility index (Phi) is 3.78. The Labute approximate surface area is 103 Å². The molecule has 3 nitrogen and oxygen atoms in total. The van der Waals surface area contributed by atoms with Crippen LogP contribution >= 0.6 is 0 Å². The van der Waals surface area contributed by atoms with E-state index in [9.17, 15) is 0 Å². The van der Waals surface area contributed by atoms with Gasteiger partial charge in [-0.3, -0.25) is 4.90 Å². The van der Waals surface area contributed by atoms with Gasteiger partial charge >= 0.3 is 0 Å². The number of hydrogen-bond donors (Lipinski definition) is 0. The van der Waals surface area contributed by atoms with Gasteiger partial charge in [0.1, 0.15) is 0 Å². The topological polar surface area (TPSA) is 30.3 Å². The quantitative estimate of drug-likeness (QED) is 0.772. The lowest BCUT2D eigenvalue weighted by atomic mass is 10.0. The maximum atomic E-state index is 8.84. The zero-order valence-corrected chi connectivity index (χ0v) is 10.6. The molecular formula is C14H19N3. The zero-order valence-electron chi connectivity index (χ0n) is 10.6. The number of nitriles is 1. The van der Waals surface area contributed by atoms with Crippen LogP contribution in [0.2, 0.25) is 0 Å². The lowest BCUT2D eigenvalue weighted by Crippen LogP contribution is -2.43. The van der Waals surface area contributed by atoms with Crippen LogP contribution in [0.1, 0.15) is 16.7 Å². The first-order valence-corrected chi connectivity index (χ1v) is 6.09. The summed E-state index contributed by atoms with van der Waals surface area (Å²) in [5.41, 5.74) is 3.32. The van der Waals surface area contributed by atoms with E-state index in [1.54, 1.807) is 0 Å². The molecule has 90 valence electrons. The predicted molar refractivity (Wildman–Crippen MR) is 68.7 cm³/mol. The summed E-state index contributed by atoms with van der Waals surface area (Å²) in [6, 6.07) is 8.17. The van der Waals surface area contributed by atoms with Gasteiger partial charge in [0.2, 0.25) is 0 Å². The molecule has 0 spiro atoms. The van der Waals surface area contributed by atoms with E-state index < -0.39 is 0 Å². The van der Waals surface area contributed by atoms with Crippen molar-refractivity contribution in [2.24, 2.45) is 0 Å². The molecule has 1 fully saturated rings. The van der Waals surface area contributed by atoms with E-state index in [4.69, 9.17) is 5.26 Å². The fraction of sp³-hybridized carbons (Fsp3) is 0.500. The van der Waals surface area contributed by atoms with Crippen LogP contribution in [0.25, 0.3) is 0 Å². The molecule has 0 aliphatic carbocycles. The molecule has 0 radical (unpaired) electrons. The Bertz CT molecular complexity index is 426. The van der Waals surface area contributed by atoms with E-state index in [-0.39, 0.29) is 0 Å². The molecule has 0 saturated carbocycles. The average Bonchev–Trinajstić information content (AvgIpc) is 2.34. The number of benzene rings is 1. The lowest BCUT2D eigenvalue weighted by Gasteiger charge is -2.32. The van der Waals surface area contributed by atoms with E-state index in [2.05, 4.69) is 35.9 Å². The third-order valence-electron chi connectivity index (χ3n) is 3.46. The van der Waals surface area contributed by atoms with Gasteiger partial charge in [-0.2, -0.15) is 5.26 Å². The summed E-state index contributed by atoms with van der Waals surface area (Å²) in [5.74, 6) is 0. The summed E-state index contributed by atoms with van der Waals surface area (Å²) in [6.07, 6.45) is 0. The highest BCUT2D eigenvalue weighted by atomic mass is 15.2. The molecule has 3 heteroatoms. The molecule has 1 aliphatic rings. The van der Waals surface area contributed by atoms with Gasteiger partial charge in [-0.25, -0.2) is 0 Å². The molecule has 0 amide bonds. The first kappa shape index (κ1) is 12.1. The second kappa shape index (κ2) is 5.31. The summed E-state index contributed by atoms with van der Waals surface area (Å²) >= 11 is 0. The lowest BCUT2D eigenvalue weighted by molar-refractivity contribution is 0.148. The van der Waals surface area contributed by atoms with Crippen molar-refractivity contribution in [1.29, 1.82) is 5.26 Å². The van der Waals surface area contributed by atoms with E-state index in [0.717, 1.165) is 38.3 Å². The first-order valence-electron chi connectivity index (χ1n) is 6.09. The molecular weight excluding hydrogens is 210 g/mol. The minimum Gasteiger partial charge on any atom is -0.304 e. The van der Waals surface area contributed by atoms with Crippen LogP contribution in [0, 0.1) is 18.3 Å². The average molecular weight is 229 g/mol. The monoisotopic (exact) mass is 229 g/mol. The first-order chi connectivity index (χ1) is 8.19. The third kappa shape index (κ3) is 3.06. The summed E-state index contributed by atoms with van der Waals surface area (Å²) in [7, 11) is 2.17. The summed E-state index contributed by atoms with van der Waals surface area (Å²) in [4.78, 5) is 4.84. The van der Waals surface area contributed by atoms with E-state index in [0.29, 0.717) is 0 Å². The maximum Gasteiger partial charge on any atom is 0.0991 e. The second-order valence-electron chi connectivity index (χ2n) is 4.83. The molecule has 1 aliphatic heterocycles. The van der Waals surface area contributed by atoms with Gasteiger partial charge in [-0.1, -0.05) is 6.07 Å². The molecule has 17 heavy (non-hydrogen) atoms. The SMILES string of the molecule is Cc1cc(C#N)ccc1CN1CCN(C)CC1.